The van der Waals surface area contributed by atoms with Gasteiger partial charge in [0.15, 0.2) is 0 Å². The fourth-order valence-corrected chi connectivity index (χ4v) is 11.0. The van der Waals surface area contributed by atoms with Crippen molar-refractivity contribution in [2.24, 2.45) is 17.8 Å². The smallest absolute Gasteiger partial charge is 0.261 e. The zero-order valence-electron chi connectivity index (χ0n) is 25.0. The maximum atomic E-state index is 13.9. The minimum Gasteiger partial charge on any atom is -0.407 e. The summed E-state index contributed by atoms with van der Waals surface area (Å²) in [6.07, 6.45) is 6.09. The van der Waals surface area contributed by atoms with Crippen molar-refractivity contribution in [1.82, 2.24) is 4.98 Å². The number of rotatable bonds is 9. The van der Waals surface area contributed by atoms with Crippen LogP contribution in [0.15, 0.2) is 134 Å². The Morgan fingerprint density at radius 1 is 0.814 bits per heavy atom. The number of hydrogen-bond donors (Lipinski definition) is 1. The van der Waals surface area contributed by atoms with E-state index in [0.717, 1.165) is 22.2 Å². The maximum absolute atomic E-state index is 13.9. The van der Waals surface area contributed by atoms with Crippen molar-refractivity contribution in [3.05, 3.63) is 139 Å². The van der Waals surface area contributed by atoms with Gasteiger partial charge in [0.2, 0.25) is 5.91 Å². The summed E-state index contributed by atoms with van der Waals surface area (Å²) in [5.74, 6) is -0.0556. The minimum atomic E-state index is -2.73. The summed E-state index contributed by atoms with van der Waals surface area (Å²) in [7, 11) is -2.73. The first-order valence-electron chi connectivity index (χ1n) is 15.0. The molecule has 0 unspecified atom stereocenters. The van der Waals surface area contributed by atoms with Crippen LogP contribution >= 0.6 is 0 Å². The molecule has 1 aromatic heterocycles. The Morgan fingerprint density at radius 2 is 1.42 bits per heavy atom. The summed E-state index contributed by atoms with van der Waals surface area (Å²) in [6, 6.07) is 41.5. The Kier molecular flexibility index (Phi) is 8.11. The first kappa shape index (κ1) is 28.8. The monoisotopic (exact) mass is 582 g/mol. The minimum absolute atomic E-state index is 0.0110. The average molecular weight is 583 g/mol. The first-order valence-corrected chi connectivity index (χ1v) is 16.9. The van der Waals surface area contributed by atoms with Crippen molar-refractivity contribution < 1.29 is 9.22 Å². The Morgan fingerprint density at radius 3 is 2.05 bits per heavy atom. The molecule has 0 spiro atoms. The zero-order valence-corrected chi connectivity index (χ0v) is 26.0. The highest BCUT2D eigenvalue weighted by atomic mass is 28.4. The summed E-state index contributed by atoms with van der Waals surface area (Å²) >= 11 is 0. The van der Waals surface area contributed by atoms with E-state index >= 15 is 0 Å². The van der Waals surface area contributed by atoms with Crippen molar-refractivity contribution in [1.29, 1.82) is 0 Å². The van der Waals surface area contributed by atoms with Gasteiger partial charge in [0.1, 0.15) is 0 Å². The van der Waals surface area contributed by atoms with Gasteiger partial charge in [-0.15, -0.1) is 0 Å². The lowest BCUT2D eigenvalue weighted by molar-refractivity contribution is -0.117. The largest absolute Gasteiger partial charge is 0.407 e. The van der Waals surface area contributed by atoms with Gasteiger partial charge in [0.05, 0.1) is 17.1 Å². The number of amides is 1. The quantitative estimate of drug-likeness (QED) is 0.185. The van der Waals surface area contributed by atoms with Gasteiger partial charge in [-0.05, 0) is 39.0 Å². The van der Waals surface area contributed by atoms with Gasteiger partial charge in [-0.1, -0.05) is 142 Å². The molecule has 4 aromatic carbocycles. The number of para-hydroxylation sites is 1. The van der Waals surface area contributed by atoms with Crippen LogP contribution in [-0.4, -0.2) is 25.8 Å². The van der Waals surface area contributed by atoms with Crippen molar-refractivity contribution in [3.8, 4) is 0 Å². The number of hydrogen-bond acceptors (Lipinski definition) is 3. The molecular weight excluding hydrogens is 545 g/mol. The third-order valence-electron chi connectivity index (χ3n) is 8.64. The molecule has 1 amide bonds. The lowest BCUT2D eigenvalue weighted by Crippen LogP contribution is -2.66. The van der Waals surface area contributed by atoms with Gasteiger partial charge in [0.25, 0.3) is 8.32 Å². The van der Waals surface area contributed by atoms with Gasteiger partial charge in [0, 0.05) is 24.1 Å². The van der Waals surface area contributed by atoms with Crippen LogP contribution in [0.1, 0.15) is 26.3 Å². The van der Waals surface area contributed by atoms with E-state index in [0.29, 0.717) is 6.61 Å². The number of carbonyl (C=O) groups is 1. The summed E-state index contributed by atoms with van der Waals surface area (Å²) in [4.78, 5) is 18.4. The van der Waals surface area contributed by atoms with E-state index in [9.17, 15) is 4.79 Å². The number of anilines is 1. The average Bonchev–Trinajstić information content (AvgIpc) is 3.74. The highest BCUT2D eigenvalue weighted by molar-refractivity contribution is 6.99. The number of allylic oxidation sites excluding steroid dienone is 1. The molecule has 216 valence electrons. The highest BCUT2D eigenvalue weighted by Crippen LogP contribution is 2.50. The van der Waals surface area contributed by atoms with Crippen molar-refractivity contribution in [2.45, 2.75) is 25.8 Å². The molecule has 1 fully saturated rings. The lowest BCUT2D eigenvalue weighted by Gasteiger charge is -2.43. The van der Waals surface area contributed by atoms with Gasteiger partial charge in [-0.25, -0.2) is 0 Å². The molecule has 3 atom stereocenters. The normalized spacial score (nSPS) is 18.5. The van der Waals surface area contributed by atoms with Crippen LogP contribution in [0.25, 0.3) is 17.0 Å². The number of aromatic nitrogens is 1. The molecule has 1 aliphatic rings. The number of fused-ring (bicyclic) bond motifs is 1. The molecule has 0 bridgehead atoms. The topological polar surface area (TPSA) is 51.2 Å². The standard InChI is InChI=1S/C38H38N2O2Si/c1-38(2,3)43(30-19-9-5-10-20-30,31-21-11-6-12-22-31)42-27-33-32(25-24-28-15-7-4-8-16-28)35(33)37(41)40-34-23-13-17-29-18-14-26-39-36(29)34/h4-26,32-33,35H,27H2,1-3H3,(H,40,41)/b25-24+/t32-,33-,35-/m0/s1. The summed E-state index contributed by atoms with van der Waals surface area (Å²) in [6.45, 7) is 7.37. The lowest BCUT2D eigenvalue weighted by atomic mass is 10.1. The molecule has 1 heterocycles. The van der Waals surface area contributed by atoms with E-state index < -0.39 is 8.32 Å². The van der Waals surface area contributed by atoms with Crippen molar-refractivity contribution >= 4 is 47.3 Å². The van der Waals surface area contributed by atoms with Gasteiger partial charge in [-0.3, -0.25) is 9.78 Å². The molecule has 6 rings (SSSR count). The molecular formula is C38H38N2O2Si. The number of benzene rings is 4. The SMILES string of the molecule is CC(C)(C)[Si](OC[C@H]1[C@H](/C=C/c2ccccc2)[C@@H]1C(=O)Nc1cccc2cccnc12)(c1ccccc1)c1ccccc1. The van der Waals surface area contributed by atoms with E-state index in [4.69, 9.17) is 4.43 Å². The van der Waals surface area contributed by atoms with Crippen LogP contribution in [0.4, 0.5) is 5.69 Å². The number of nitrogens with zero attached hydrogens (tertiary/aromatic N) is 1. The number of pyridine rings is 1. The molecule has 0 aliphatic heterocycles. The fraction of sp³-hybridized carbons (Fsp3) is 0.211. The number of nitrogens with one attached hydrogen (secondary N) is 1. The molecule has 1 aliphatic carbocycles. The maximum Gasteiger partial charge on any atom is 0.261 e. The molecule has 43 heavy (non-hydrogen) atoms. The Balaban J connectivity index is 1.32. The molecule has 5 aromatic rings. The Labute approximate surface area is 255 Å². The van der Waals surface area contributed by atoms with Crippen LogP contribution in [0.2, 0.25) is 5.04 Å². The van der Waals surface area contributed by atoms with E-state index in [2.05, 4.69) is 116 Å². The molecule has 5 heteroatoms. The predicted octanol–water partition coefficient (Wildman–Crippen LogP) is 7.33. The number of carbonyl (C=O) groups excluding carboxylic acids is 1. The van der Waals surface area contributed by atoms with E-state index in [1.165, 1.54) is 10.4 Å². The summed E-state index contributed by atoms with van der Waals surface area (Å²) in [5.41, 5.74) is 2.67. The summed E-state index contributed by atoms with van der Waals surface area (Å²) < 4.78 is 7.29. The van der Waals surface area contributed by atoms with Gasteiger partial charge < -0.3 is 9.74 Å². The predicted molar refractivity (Wildman–Crippen MR) is 180 cm³/mol. The Bertz CT molecular complexity index is 1670. The van der Waals surface area contributed by atoms with Crippen LogP contribution in [0.3, 0.4) is 0 Å². The second-order valence-electron chi connectivity index (χ2n) is 12.4. The van der Waals surface area contributed by atoms with E-state index in [-0.39, 0.29) is 28.7 Å². The van der Waals surface area contributed by atoms with Crippen molar-refractivity contribution in [3.63, 3.8) is 0 Å². The third kappa shape index (κ3) is 5.83. The zero-order chi connectivity index (χ0) is 29.9. The van der Waals surface area contributed by atoms with Crippen LogP contribution in [0, 0.1) is 17.8 Å². The molecule has 0 saturated heterocycles. The molecule has 1 N–H and O–H groups in total. The van der Waals surface area contributed by atoms with Gasteiger partial charge in [-0.2, -0.15) is 0 Å². The van der Waals surface area contributed by atoms with Crippen LogP contribution in [-0.2, 0) is 9.22 Å². The van der Waals surface area contributed by atoms with Crippen LogP contribution in [0.5, 0.6) is 0 Å². The Hall–Kier alpha value is -4.32. The second-order valence-corrected chi connectivity index (χ2v) is 16.7. The molecule has 4 nitrogen and oxygen atoms in total. The second kappa shape index (κ2) is 12.1. The third-order valence-corrected chi connectivity index (χ3v) is 13.6. The van der Waals surface area contributed by atoms with E-state index in [1.54, 1.807) is 6.20 Å². The van der Waals surface area contributed by atoms with Gasteiger partial charge >= 0.3 is 0 Å². The highest BCUT2D eigenvalue weighted by Gasteiger charge is 2.56. The van der Waals surface area contributed by atoms with E-state index in [1.807, 2.05) is 48.5 Å². The van der Waals surface area contributed by atoms with Crippen LogP contribution < -0.4 is 15.7 Å². The summed E-state index contributed by atoms with van der Waals surface area (Å²) in [5, 5.41) is 6.57. The fourth-order valence-electron chi connectivity index (χ4n) is 6.44. The van der Waals surface area contributed by atoms with Crippen molar-refractivity contribution in [2.75, 3.05) is 11.9 Å². The molecule has 0 radical (unpaired) electrons. The molecule has 1 saturated carbocycles. The first-order chi connectivity index (χ1) is 20.9.